The molecule has 0 bridgehead atoms. The van der Waals surface area contributed by atoms with Gasteiger partial charge in [-0.3, -0.25) is 9.59 Å². The molecule has 0 saturated carbocycles. The first-order valence-corrected chi connectivity index (χ1v) is 14.3. The molecule has 0 radical (unpaired) electrons. The maximum absolute atomic E-state index is 12.7. The molecule has 0 aliphatic heterocycles. The van der Waals surface area contributed by atoms with Crippen molar-refractivity contribution in [2.75, 3.05) is 0 Å². The van der Waals surface area contributed by atoms with Gasteiger partial charge in [-0.05, 0) is 92.1 Å². The Bertz CT molecular complexity index is 1510. The number of ketones is 2. The Kier molecular flexibility index (Phi) is 9.95. The number of carbonyl (C=O) groups excluding carboxylic acids is 2. The summed E-state index contributed by atoms with van der Waals surface area (Å²) in [5, 5.41) is 0. The molecule has 5 aromatic carbocycles. The fourth-order valence-electron chi connectivity index (χ4n) is 3.94. The van der Waals surface area contributed by atoms with Crippen molar-refractivity contribution in [2.45, 2.75) is 41.5 Å². The van der Waals surface area contributed by atoms with Gasteiger partial charge in [0.2, 0.25) is 0 Å². The van der Waals surface area contributed by atoms with E-state index in [1.807, 2.05) is 86.6 Å². The lowest BCUT2D eigenvalue weighted by Gasteiger charge is -2.09. The molecule has 0 atom stereocenters. The summed E-state index contributed by atoms with van der Waals surface area (Å²) in [5.41, 5.74) is 5.27. The lowest BCUT2D eigenvalue weighted by atomic mass is 10.0. The van der Waals surface area contributed by atoms with Crippen molar-refractivity contribution in [3.05, 3.63) is 155 Å². The van der Waals surface area contributed by atoms with Crippen molar-refractivity contribution < 1.29 is 19.1 Å². The standard InChI is InChI=1S/C34H26O4.C5H12/c1-23-3-7-25(8-4-23)33(35)27-11-15-29(16-12-27)37-31-19-21-32(22-20-31)38-30-17-13-28(14-18-30)34(36)26-9-5-24(2)6-10-26;1-5(2,3)4/h3-22H,1-2H3;1-4H3. The third-order valence-electron chi connectivity index (χ3n) is 6.16. The van der Waals surface area contributed by atoms with Crippen LogP contribution in [-0.4, -0.2) is 11.6 Å². The Morgan fingerprint density at radius 2 is 0.581 bits per heavy atom. The summed E-state index contributed by atoms with van der Waals surface area (Å²) in [6.07, 6.45) is 0. The van der Waals surface area contributed by atoms with Gasteiger partial charge in [-0.15, -0.1) is 0 Å². The first-order chi connectivity index (χ1) is 20.4. The van der Waals surface area contributed by atoms with Crippen molar-refractivity contribution in [3.8, 4) is 23.0 Å². The van der Waals surface area contributed by atoms with E-state index >= 15 is 0 Å². The predicted molar refractivity (Wildman–Crippen MR) is 174 cm³/mol. The Labute approximate surface area is 255 Å². The third-order valence-corrected chi connectivity index (χ3v) is 6.16. The zero-order valence-electron chi connectivity index (χ0n) is 25.7. The summed E-state index contributed by atoms with van der Waals surface area (Å²) in [4.78, 5) is 25.3. The SMILES string of the molecule is CC(C)(C)C.Cc1ccc(C(=O)c2ccc(Oc3ccc(Oc4ccc(C(=O)c5ccc(C)cc5)cc4)cc3)cc2)cc1. The van der Waals surface area contributed by atoms with Crippen molar-refractivity contribution in [3.63, 3.8) is 0 Å². The summed E-state index contributed by atoms with van der Waals surface area (Å²) < 4.78 is 11.9. The van der Waals surface area contributed by atoms with E-state index < -0.39 is 0 Å². The molecule has 0 N–H and O–H groups in total. The number of ether oxygens (including phenoxy) is 2. The molecule has 0 amide bonds. The Hall–Kier alpha value is -4.96. The van der Waals surface area contributed by atoms with Gasteiger partial charge in [0, 0.05) is 22.3 Å². The molecule has 0 aliphatic carbocycles. The smallest absolute Gasteiger partial charge is 0.193 e. The van der Waals surface area contributed by atoms with Crippen LogP contribution in [0.2, 0.25) is 0 Å². The van der Waals surface area contributed by atoms with Crippen LogP contribution in [0.4, 0.5) is 0 Å². The van der Waals surface area contributed by atoms with Gasteiger partial charge >= 0.3 is 0 Å². The van der Waals surface area contributed by atoms with Crippen LogP contribution in [0.1, 0.15) is 70.7 Å². The number of rotatable bonds is 8. The minimum absolute atomic E-state index is 0.0226. The minimum atomic E-state index is -0.0226. The van der Waals surface area contributed by atoms with Gasteiger partial charge in [-0.2, -0.15) is 0 Å². The van der Waals surface area contributed by atoms with Crippen LogP contribution in [0.5, 0.6) is 23.0 Å². The van der Waals surface area contributed by atoms with E-state index in [0.29, 0.717) is 50.7 Å². The molecule has 0 unspecified atom stereocenters. The summed E-state index contributed by atoms with van der Waals surface area (Å²) in [7, 11) is 0. The molecule has 0 spiro atoms. The number of aryl methyl sites for hydroxylation is 2. The van der Waals surface area contributed by atoms with Crippen molar-refractivity contribution in [1.82, 2.24) is 0 Å². The van der Waals surface area contributed by atoms with E-state index in [0.717, 1.165) is 11.1 Å². The fourth-order valence-corrected chi connectivity index (χ4v) is 3.94. The summed E-state index contributed by atoms with van der Waals surface area (Å²) in [6.45, 7) is 12.7. The quantitative estimate of drug-likeness (QED) is 0.174. The summed E-state index contributed by atoms with van der Waals surface area (Å²) in [5.74, 6) is 2.51. The topological polar surface area (TPSA) is 52.6 Å². The van der Waals surface area contributed by atoms with Gasteiger partial charge in [0.1, 0.15) is 23.0 Å². The normalized spacial score (nSPS) is 10.7. The van der Waals surface area contributed by atoms with E-state index in [4.69, 9.17) is 9.47 Å². The van der Waals surface area contributed by atoms with E-state index in [-0.39, 0.29) is 11.6 Å². The molecular weight excluding hydrogens is 532 g/mol. The van der Waals surface area contributed by atoms with E-state index in [9.17, 15) is 9.59 Å². The van der Waals surface area contributed by atoms with E-state index in [1.165, 1.54) is 0 Å². The lowest BCUT2D eigenvalue weighted by Crippen LogP contribution is -2.01. The summed E-state index contributed by atoms with van der Waals surface area (Å²) >= 11 is 0. The maximum Gasteiger partial charge on any atom is 0.193 e. The fraction of sp³-hybridized carbons (Fsp3) is 0.179. The molecule has 43 heavy (non-hydrogen) atoms. The summed E-state index contributed by atoms with van der Waals surface area (Å²) in [6, 6.07) is 36.5. The van der Waals surface area contributed by atoms with Gasteiger partial charge < -0.3 is 9.47 Å². The molecule has 0 saturated heterocycles. The monoisotopic (exact) mass is 570 g/mol. The van der Waals surface area contributed by atoms with Crippen LogP contribution in [0.3, 0.4) is 0 Å². The van der Waals surface area contributed by atoms with Crippen LogP contribution in [0.25, 0.3) is 0 Å². The zero-order valence-corrected chi connectivity index (χ0v) is 25.7. The van der Waals surface area contributed by atoms with Crippen LogP contribution < -0.4 is 9.47 Å². The van der Waals surface area contributed by atoms with E-state index in [2.05, 4.69) is 27.7 Å². The molecule has 0 aliphatic rings. The molecule has 0 aromatic heterocycles. The average Bonchev–Trinajstić information content (AvgIpc) is 2.98. The van der Waals surface area contributed by atoms with E-state index in [1.54, 1.807) is 48.5 Å². The minimum Gasteiger partial charge on any atom is -0.457 e. The number of benzene rings is 5. The second-order valence-corrected chi connectivity index (χ2v) is 12.1. The highest BCUT2D eigenvalue weighted by Gasteiger charge is 2.11. The first kappa shape index (κ1) is 31.0. The molecule has 0 fully saturated rings. The highest BCUT2D eigenvalue weighted by Crippen LogP contribution is 2.28. The molecule has 0 heterocycles. The highest BCUT2D eigenvalue weighted by atomic mass is 16.5. The van der Waals surface area contributed by atoms with Gasteiger partial charge in [-0.25, -0.2) is 0 Å². The predicted octanol–water partition coefficient (Wildman–Crippen LogP) is 10.4. The molecule has 4 heteroatoms. The Balaban J connectivity index is 0.000000782. The van der Waals surface area contributed by atoms with Crippen molar-refractivity contribution >= 4 is 11.6 Å². The Morgan fingerprint density at radius 1 is 0.395 bits per heavy atom. The Morgan fingerprint density at radius 3 is 0.814 bits per heavy atom. The van der Waals surface area contributed by atoms with Gasteiger partial charge in [0.15, 0.2) is 11.6 Å². The molecule has 5 rings (SSSR count). The molecule has 218 valence electrons. The number of hydrogen-bond acceptors (Lipinski definition) is 4. The zero-order chi connectivity index (χ0) is 31.0. The second-order valence-electron chi connectivity index (χ2n) is 12.1. The highest BCUT2D eigenvalue weighted by molar-refractivity contribution is 6.09. The third kappa shape index (κ3) is 9.54. The lowest BCUT2D eigenvalue weighted by molar-refractivity contribution is 0.103. The number of hydrogen-bond donors (Lipinski definition) is 0. The first-order valence-electron chi connectivity index (χ1n) is 14.3. The van der Waals surface area contributed by atoms with Gasteiger partial charge in [0.25, 0.3) is 0 Å². The van der Waals surface area contributed by atoms with Crippen molar-refractivity contribution in [2.24, 2.45) is 5.41 Å². The number of carbonyl (C=O) groups is 2. The molecular formula is C39H38O4. The van der Waals surface area contributed by atoms with Gasteiger partial charge in [0.05, 0.1) is 0 Å². The average molecular weight is 571 g/mol. The van der Waals surface area contributed by atoms with Gasteiger partial charge in [-0.1, -0.05) is 87.4 Å². The molecule has 5 aromatic rings. The van der Waals surface area contributed by atoms with Crippen LogP contribution in [0, 0.1) is 19.3 Å². The maximum atomic E-state index is 12.7. The second kappa shape index (κ2) is 13.8. The van der Waals surface area contributed by atoms with Crippen LogP contribution >= 0.6 is 0 Å². The van der Waals surface area contributed by atoms with Crippen molar-refractivity contribution in [1.29, 1.82) is 0 Å². The van der Waals surface area contributed by atoms with Crippen LogP contribution in [-0.2, 0) is 0 Å². The molecule has 4 nitrogen and oxygen atoms in total. The van der Waals surface area contributed by atoms with Crippen LogP contribution in [0.15, 0.2) is 121 Å². The largest absolute Gasteiger partial charge is 0.457 e.